The van der Waals surface area contributed by atoms with Gasteiger partial charge in [0.2, 0.25) is 0 Å². The summed E-state index contributed by atoms with van der Waals surface area (Å²) in [5.74, 6) is 1.53. The number of fused-ring (bicyclic) bond motifs is 1. The van der Waals surface area contributed by atoms with Crippen LogP contribution in [0.4, 0.5) is 5.69 Å². The quantitative estimate of drug-likeness (QED) is 0.667. The van der Waals surface area contributed by atoms with Crippen LogP contribution in [0.2, 0.25) is 0 Å². The van der Waals surface area contributed by atoms with Crippen molar-refractivity contribution >= 4 is 5.69 Å². The molecule has 1 aromatic carbocycles. The van der Waals surface area contributed by atoms with E-state index in [-0.39, 0.29) is 0 Å². The summed E-state index contributed by atoms with van der Waals surface area (Å²) in [6.45, 7) is 4.36. The molecule has 1 atom stereocenters. The lowest BCUT2D eigenvalue weighted by Gasteiger charge is -2.13. The fourth-order valence-corrected chi connectivity index (χ4v) is 1.64. The van der Waals surface area contributed by atoms with Gasteiger partial charge in [-0.05, 0) is 17.5 Å². The Labute approximate surface area is 78.7 Å². The molecule has 0 aromatic heterocycles. The predicted octanol–water partition coefficient (Wildman–Crippen LogP) is 2.23. The molecule has 2 heteroatoms. The van der Waals surface area contributed by atoms with E-state index < -0.39 is 0 Å². The summed E-state index contributed by atoms with van der Waals surface area (Å²) >= 11 is 0. The third kappa shape index (κ3) is 1.48. The number of rotatable bonds is 1. The number of nitrogens with two attached hydrogens (primary N) is 1. The van der Waals surface area contributed by atoms with Crippen molar-refractivity contribution < 1.29 is 4.74 Å². The Hall–Kier alpha value is -1.18. The Kier molecular flexibility index (Phi) is 1.91. The molecule has 1 unspecified atom stereocenters. The summed E-state index contributed by atoms with van der Waals surface area (Å²) in [5, 5.41) is 0. The maximum atomic E-state index is 5.77. The average Bonchev–Trinajstić information content (AvgIpc) is 2.46. The molecule has 1 aromatic rings. The zero-order chi connectivity index (χ0) is 9.42. The normalized spacial score (nSPS) is 20.1. The van der Waals surface area contributed by atoms with Crippen LogP contribution in [0, 0.1) is 5.92 Å². The summed E-state index contributed by atoms with van der Waals surface area (Å²) in [5.41, 5.74) is 7.74. The van der Waals surface area contributed by atoms with E-state index in [2.05, 4.69) is 19.9 Å². The lowest BCUT2D eigenvalue weighted by molar-refractivity contribution is 0.179. The summed E-state index contributed by atoms with van der Waals surface area (Å²) in [4.78, 5) is 0. The van der Waals surface area contributed by atoms with E-state index in [0.29, 0.717) is 12.0 Å². The van der Waals surface area contributed by atoms with Crippen LogP contribution in [-0.4, -0.2) is 6.10 Å². The van der Waals surface area contributed by atoms with Crippen LogP contribution in [0.5, 0.6) is 5.75 Å². The van der Waals surface area contributed by atoms with E-state index >= 15 is 0 Å². The molecule has 0 saturated carbocycles. The number of hydrogen-bond acceptors (Lipinski definition) is 2. The van der Waals surface area contributed by atoms with Crippen LogP contribution >= 0.6 is 0 Å². The van der Waals surface area contributed by atoms with Crippen molar-refractivity contribution in [2.24, 2.45) is 5.92 Å². The molecule has 0 spiro atoms. The van der Waals surface area contributed by atoms with Crippen LogP contribution in [0.3, 0.4) is 0 Å². The molecule has 1 aliphatic heterocycles. The summed E-state index contributed by atoms with van der Waals surface area (Å²) in [6, 6.07) is 5.91. The van der Waals surface area contributed by atoms with Gasteiger partial charge in [0.1, 0.15) is 11.9 Å². The Bertz CT molecular complexity index is 320. The van der Waals surface area contributed by atoms with E-state index in [1.165, 1.54) is 5.56 Å². The van der Waals surface area contributed by atoms with Crippen molar-refractivity contribution in [2.45, 2.75) is 26.4 Å². The first kappa shape index (κ1) is 8.42. The number of ether oxygens (including phenoxy) is 1. The molecule has 0 bridgehead atoms. The molecule has 0 radical (unpaired) electrons. The monoisotopic (exact) mass is 177 g/mol. The Morgan fingerprint density at radius 3 is 2.92 bits per heavy atom. The first-order valence-corrected chi connectivity index (χ1v) is 4.72. The highest BCUT2D eigenvalue weighted by molar-refractivity contribution is 5.50. The van der Waals surface area contributed by atoms with E-state index in [4.69, 9.17) is 10.5 Å². The van der Waals surface area contributed by atoms with Crippen LogP contribution < -0.4 is 10.5 Å². The van der Waals surface area contributed by atoms with Gasteiger partial charge < -0.3 is 10.5 Å². The van der Waals surface area contributed by atoms with Gasteiger partial charge >= 0.3 is 0 Å². The second-order valence-electron chi connectivity index (χ2n) is 3.97. The molecule has 1 heterocycles. The zero-order valence-electron chi connectivity index (χ0n) is 8.08. The van der Waals surface area contributed by atoms with Gasteiger partial charge in [-0.25, -0.2) is 0 Å². The van der Waals surface area contributed by atoms with Gasteiger partial charge in [-0.15, -0.1) is 0 Å². The zero-order valence-corrected chi connectivity index (χ0v) is 8.08. The molecular formula is C11H15NO. The van der Waals surface area contributed by atoms with E-state index in [1.54, 1.807) is 0 Å². The standard InChI is InChI=1S/C11H15NO/c1-7(2)10-5-8-3-4-9(12)6-11(8)13-10/h3-4,6-7,10H,5,12H2,1-2H3. The largest absolute Gasteiger partial charge is 0.489 e. The lowest BCUT2D eigenvalue weighted by atomic mass is 10.0. The van der Waals surface area contributed by atoms with Crippen molar-refractivity contribution in [1.29, 1.82) is 0 Å². The minimum Gasteiger partial charge on any atom is -0.489 e. The fraction of sp³-hybridized carbons (Fsp3) is 0.455. The summed E-state index contributed by atoms with van der Waals surface area (Å²) < 4.78 is 5.77. The van der Waals surface area contributed by atoms with E-state index in [0.717, 1.165) is 17.9 Å². The molecule has 0 aliphatic carbocycles. The van der Waals surface area contributed by atoms with Crippen LogP contribution in [0.1, 0.15) is 19.4 Å². The van der Waals surface area contributed by atoms with Crippen molar-refractivity contribution in [3.8, 4) is 5.75 Å². The maximum absolute atomic E-state index is 5.77. The summed E-state index contributed by atoms with van der Waals surface area (Å²) in [6.07, 6.45) is 1.35. The number of hydrogen-bond donors (Lipinski definition) is 1. The predicted molar refractivity (Wildman–Crippen MR) is 53.8 cm³/mol. The van der Waals surface area contributed by atoms with Crippen LogP contribution in [0.25, 0.3) is 0 Å². The average molecular weight is 177 g/mol. The van der Waals surface area contributed by atoms with Crippen LogP contribution in [0.15, 0.2) is 18.2 Å². The van der Waals surface area contributed by atoms with Crippen molar-refractivity contribution in [2.75, 3.05) is 5.73 Å². The molecule has 0 saturated heterocycles. The van der Waals surface area contributed by atoms with Gasteiger partial charge in [0.05, 0.1) is 0 Å². The van der Waals surface area contributed by atoms with Crippen molar-refractivity contribution in [1.82, 2.24) is 0 Å². The molecule has 1 aliphatic rings. The Morgan fingerprint density at radius 2 is 2.23 bits per heavy atom. The first-order valence-electron chi connectivity index (χ1n) is 4.72. The SMILES string of the molecule is CC(C)C1Cc2ccc(N)cc2O1. The van der Waals surface area contributed by atoms with Crippen molar-refractivity contribution in [3.05, 3.63) is 23.8 Å². The minimum absolute atomic E-state index is 0.330. The molecule has 2 rings (SSSR count). The van der Waals surface area contributed by atoms with E-state index in [9.17, 15) is 0 Å². The fourth-order valence-electron chi connectivity index (χ4n) is 1.64. The first-order chi connectivity index (χ1) is 6.16. The second kappa shape index (κ2) is 2.95. The number of benzene rings is 1. The molecule has 70 valence electrons. The van der Waals surface area contributed by atoms with Gasteiger partial charge in [0, 0.05) is 18.2 Å². The topological polar surface area (TPSA) is 35.2 Å². The highest BCUT2D eigenvalue weighted by Gasteiger charge is 2.25. The molecular weight excluding hydrogens is 162 g/mol. The van der Waals surface area contributed by atoms with Gasteiger partial charge in [-0.1, -0.05) is 19.9 Å². The molecule has 13 heavy (non-hydrogen) atoms. The number of anilines is 1. The van der Waals surface area contributed by atoms with E-state index in [1.807, 2.05) is 12.1 Å². The van der Waals surface area contributed by atoms with Gasteiger partial charge in [-0.2, -0.15) is 0 Å². The Balaban J connectivity index is 2.25. The van der Waals surface area contributed by atoms with Crippen molar-refractivity contribution in [3.63, 3.8) is 0 Å². The van der Waals surface area contributed by atoms with Gasteiger partial charge in [-0.3, -0.25) is 0 Å². The second-order valence-corrected chi connectivity index (χ2v) is 3.97. The minimum atomic E-state index is 0.330. The molecule has 2 nitrogen and oxygen atoms in total. The third-order valence-electron chi connectivity index (χ3n) is 2.53. The summed E-state index contributed by atoms with van der Waals surface area (Å²) in [7, 11) is 0. The smallest absolute Gasteiger partial charge is 0.125 e. The molecule has 0 fully saturated rings. The molecule has 2 N–H and O–H groups in total. The highest BCUT2D eigenvalue weighted by atomic mass is 16.5. The molecule has 0 amide bonds. The Morgan fingerprint density at radius 1 is 1.46 bits per heavy atom. The maximum Gasteiger partial charge on any atom is 0.125 e. The third-order valence-corrected chi connectivity index (χ3v) is 2.53. The van der Waals surface area contributed by atoms with Gasteiger partial charge in [0.15, 0.2) is 0 Å². The lowest BCUT2D eigenvalue weighted by Crippen LogP contribution is -2.19. The van der Waals surface area contributed by atoms with Gasteiger partial charge in [0.25, 0.3) is 0 Å². The highest BCUT2D eigenvalue weighted by Crippen LogP contribution is 2.32. The number of nitrogen functional groups attached to an aromatic ring is 1. The van der Waals surface area contributed by atoms with Crippen LogP contribution in [-0.2, 0) is 6.42 Å².